The average Bonchev–Trinajstić information content (AvgIpc) is 3.43. The number of oxazole rings is 1. The number of hydrogen-bond donors (Lipinski definition) is 2. The number of alkyl halides is 3. The fraction of sp³-hybridized carbons (Fsp3) is 0.382. The third kappa shape index (κ3) is 8.23. The van der Waals surface area contributed by atoms with Crippen LogP contribution in [0.25, 0.3) is 0 Å². The van der Waals surface area contributed by atoms with Gasteiger partial charge in [-0.2, -0.15) is 18.2 Å². The number of benzene rings is 2. The molecule has 2 saturated heterocycles. The van der Waals surface area contributed by atoms with E-state index in [1.54, 1.807) is 42.3 Å². The minimum Gasteiger partial charge on any atom is -0.417 e. The largest absolute Gasteiger partial charge is 0.437 e. The molecule has 4 aromatic rings. The highest BCUT2D eigenvalue weighted by atomic mass is 35.5. The Morgan fingerprint density at radius 1 is 0.939 bits per heavy atom. The number of carbonyl (C=O) groups excluding carboxylic acids is 1. The van der Waals surface area contributed by atoms with Gasteiger partial charge in [-0.25, -0.2) is 4.98 Å². The average molecular weight is 719 g/mol. The Bertz CT molecular complexity index is 1700. The zero-order chi connectivity index (χ0) is 34.5. The number of amides is 1. The molecule has 2 N–H and O–H groups in total. The topological polar surface area (TPSA) is 99.0 Å². The second-order valence-corrected chi connectivity index (χ2v) is 12.7. The zero-order valence-electron chi connectivity index (χ0n) is 26.7. The van der Waals surface area contributed by atoms with Crippen molar-refractivity contribution in [3.8, 4) is 0 Å². The molecule has 15 heteroatoms. The van der Waals surface area contributed by atoms with Crippen molar-refractivity contribution in [1.29, 1.82) is 0 Å². The van der Waals surface area contributed by atoms with Gasteiger partial charge in [0.15, 0.2) is 12.0 Å². The molecule has 4 heterocycles. The Kier molecular flexibility index (Phi) is 10.8. The normalized spacial score (nSPS) is 17.1. The van der Waals surface area contributed by atoms with Gasteiger partial charge < -0.3 is 29.6 Å². The van der Waals surface area contributed by atoms with E-state index in [-0.39, 0.29) is 11.7 Å². The van der Waals surface area contributed by atoms with E-state index in [0.717, 1.165) is 25.8 Å². The van der Waals surface area contributed by atoms with Crippen LogP contribution in [0.3, 0.4) is 0 Å². The molecule has 2 aliphatic heterocycles. The third-order valence-electron chi connectivity index (χ3n) is 8.77. The first kappa shape index (κ1) is 34.8. The summed E-state index contributed by atoms with van der Waals surface area (Å²) in [6.07, 6.45) is -1.69. The highest BCUT2D eigenvalue weighted by molar-refractivity contribution is 6.39. The number of anilines is 4. The van der Waals surface area contributed by atoms with Gasteiger partial charge in [0.25, 0.3) is 11.9 Å². The van der Waals surface area contributed by atoms with Crippen LogP contribution in [-0.4, -0.2) is 73.5 Å². The number of hydrogen-bond acceptors (Lipinski definition) is 9. The van der Waals surface area contributed by atoms with Crippen LogP contribution in [0.4, 0.5) is 36.4 Å². The Balaban J connectivity index is 1.08. The molecule has 0 spiro atoms. The molecule has 2 aliphatic rings. The Morgan fingerprint density at radius 2 is 1.67 bits per heavy atom. The summed E-state index contributed by atoms with van der Waals surface area (Å²) in [4.78, 5) is 27.2. The van der Waals surface area contributed by atoms with Crippen LogP contribution >= 0.6 is 23.2 Å². The standard InChI is InChI=1S/C34H36Cl2F3N7O3/c1-48-32(42-28-25(35)9-5-10-26(28)36)45-16-6-15-44(19-20-45)27-12-11-24(21-40-27)41-31(47)29-30(34(37,38)39)43-33(49-29)46-17-13-23(14-18-46)22-7-3-2-4-8-22/h2-5,7-12,21,23,32,42H,6,13-20H2,1H3,(H,41,47). The van der Waals surface area contributed by atoms with E-state index in [9.17, 15) is 18.0 Å². The Labute approximate surface area is 292 Å². The second-order valence-electron chi connectivity index (χ2n) is 11.9. The number of pyridine rings is 1. The van der Waals surface area contributed by atoms with Crippen LogP contribution < -0.4 is 20.4 Å². The van der Waals surface area contributed by atoms with Gasteiger partial charge in [-0.15, -0.1) is 0 Å². The van der Waals surface area contributed by atoms with Gasteiger partial charge in [-0.3, -0.25) is 9.69 Å². The zero-order valence-corrected chi connectivity index (χ0v) is 28.2. The molecule has 0 aliphatic carbocycles. The van der Waals surface area contributed by atoms with Crippen molar-refractivity contribution in [3.05, 3.63) is 93.9 Å². The quantitative estimate of drug-likeness (QED) is 0.170. The number of piperidine rings is 1. The van der Waals surface area contributed by atoms with Crippen molar-refractivity contribution in [2.24, 2.45) is 0 Å². The summed E-state index contributed by atoms with van der Waals surface area (Å²) in [7, 11) is 1.60. The van der Waals surface area contributed by atoms with E-state index in [4.69, 9.17) is 32.4 Å². The van der Waals surface area contributed by atoms with E-state index in [1.807, 2.05) is 18.2 Å². The molecule has 10 nitrogen and oxygen atoms in total. The van der Waals surface area contributed by atoms with Crippen molar-refractivity contribution >= 4 is 52.3 Å². The number of para-hydroxylation sites is 1. The van der Waals surface area contributed by atoms with E-state index in [1.165, 1.54) is 11.8 Å². The molecule has 260 valence electrons. The fourth-order valence-electron chi connectivity index (χ4n) is 6.21. The van der Waals surface area contributed by atoms with Gasteiger partial charge in [-0.05, 0) is 55.0 Å². The van der Waals surface area contributed by atoms with Crippen molar-refractivity contribution in [1.82, 2.24) is 14.9 Å². The Hall–Kier alpha value is -4.04. The van der Waals surface area contributed by atoms with E-state index in [0.29, 0.717) is 60.2 Å². The smallest absolute Gasteiger partial charge is 0.417 e. The Morgan fingerprint density at radius 3 is 2.33 bits per heavy atom. The maximum absolute atomic E-state index is 14.0. The number of methoxy groups -OCH3 is 1. The number of nitrogens with one attached hydrogen (secondary N) is 2. The summed E-state index contributed by atoms with van der Waals surface area (Å²) in [5.74, 6) is -0.988. The maximum Gasteiger partial charge on any atom is 0.437 e. The van der Waals surface area contributed by atoms with Gasteiger partial charge in [-0.1, -0.05) is 59.6 Å². The van der Waals surface area contributed by atoms with E-state index in [2.05, 4.69) is 42.5 Å². The number of aromatic nitrogens is 2. The van der Waals surface area contributed by atoms with Gasteiger partial charge in [0, 0.05) is 46.4 Å². The molecular formula is C34H36Cl2F3N7O3. The highest BCUT2D eigenvalue weighted by Crippen LogP contribution is 2.37. The number of nitrogens with zero attached hydrogens (tertiary/aromatic N) is 5. The first-order valence-electron chi connectivity index (χ1n) is 16.0. The van der Waals surface area contributed by atoms with Crippen LogP contribution in [-0.2, 0) is 10.9 Å². The van der Waals surface area contributed by atoms with Crippen LogP contribution in [0, 0.1) is 0 Å². The summed E-state index contributed by atoms with van der Waals surface area (Å²) in [6.45, 7) is 3.59. The van der Waals surface area contributed by atoms with E-state index >= 15 is 0 Å². The van der Waals surface area contributed by atoms with Crippen molar-refractivity contribution in [2.75, 3.05) is 66.8 Å². The maximum atomic E-state index is 14.0. The summed E-state index contributed by atoms with van der Waals surface area (Å²) in [5.41, 5.74) is 0.644. The molecule has 0 radical (unpaired) electrons. The SMILES string of the molecule is COC(Nc1c(Cl)cccc1Cl)N1CCCN(c2ccc(NC(=O)c3oc(N4CCC(c5ccccc5)CC4)nc3C(F)(F)F)cn2)CC1. The molecule has 1 unspecified atom stereocenters. The molecule has 2 aromatic heterocycles. The molecule has 2 aromatic carbocycles. The van der Waals surface area contributed by atoms with E-state index < -0.39 is 29.9 Å². The third-order valence-corrected chi connectivity index (χ3v) is 9.40. The lowest BCUT2D eigenvalue weighted by atomic mass is 9.90. The molecule has 2 fully saturated rings. The number of halogens is 5. The molecular weight excluding hydrogens is 682 g/mol. The van der Waals surface area contributed by atoms with Crippen LogP contribution in [0.15, 0.2) is 71.3 Å². The molecule has 1 atom stereocenters. The molecule has 1 amide bonds. The molecule has 49 heavy (non-hydrogen) atoms. The number of ether oxygens (including phenoxy) is 1. The predicted octanol–water partition coefficient (Wildman–Crippen LogP) is 7.59. The second kappa shape index (κ2) is 15.2. The van der Waals surface area contributed by atoms with Gasteiger partial charge >= 0.3 is 6.18 Å². The predicted molar refractivity (Wildman–Crippen MR) is 184 cm³/mol. The summed E-state index contributed by atoms with van der Waals surface area (Å²) in [5, 5.41) is 6.74. The van der Waals surface area contributed by atoms with Crippen LogP contribution in [0.2, 0.25) is 10.0 Å². The van der Waals surface area contributed by atoms with Crippen molar-refractivity contribution < 1.29 is 27.1 Å². The van der Waals surface area contributed by atoms with Crippen LogP contribution in [0.1, 0.15) is 47.0 Å². The first-order chi connectivity index (χ1) is 23.6. The lowest BCUT2D eigenvalue weighted by molar-refractivity contribution is -0.141. The lowest BCUT2D eigenvalue weighted by Crippen LogP contribution is -2.44. The summed E-state index contributed by atoms with van der Waals surface area (Å²) >= 11 is 12.7. The molecule has 0 saturated carbocycles. The summed E-state index contributed by atoms with van der Waals surface area (Å²) < 4.78 is 53.2. The van der Waals surface area contributed by atoms with Crippen molar-refractivity contribution in [2.45, 2.75) is 37.7 Å². The first-order valence-corrected chi connectivity index (χ1v) is 16.7. The highest BCUT2D eigenvalue weighted by Gasteiger charge is 2.42. The monoisotopic (exact) mass is 717 g/mol. The van der Waals surface area contributed by atoms with Gasteiger partial charge in [0.2, 0.25) is 5.76 Å². The fourth-order valence-corrected chi connectivity index (χ4v) is 6.72. The number of rotatable bonds is 9. The van der Waals surface area contributed by atoms with Crippen LogP contribution in [0.5, 0.6) is 0 Å². The van der Waals surface area contributed by atoms with Gasteiger partial charge in [0.05, 0.1) is 27.6 Å². The van der Waals surface area contributed by atoms with Crippen molar-refractivity contribution in [3.63, 3.8) is 0 Å². The molecule has 0 bridgehead atoms. The minimum atomic E-state index is -4.88. The minimum absolute atomic E-state index is 0.214. The number of carbonyl (C=O) groups is 1. The molecule has 6 rings (SSSR count). The summed E-state index contributed by atoms with van der Waals surface area (Å²) in [6, 6.07) is 18.4. The lowest BCUT2D eigenvalue weighted by Gasteiger charge is -2.31. The van der Waals surface area contributed by atoms with Gasteiger partial charge in [0.1, 0.15) is 5.82 Å².